The SMILES string of the molecule is CSC(=Nc1ccc2nc(C(C)O)[nH]c2c1)NC#N. The molecule has 2 rings (SSSR count). The molecule has 0 aliphatic rings. The molecule has 0 spiro atoms. The molecule has 19 heavy (non-hydrogen) atoms. The number of aliphatic imine (C=N–C) groups is 1. The molecule has 98 valence electrons. The van der Waals surface area contributed by atoms with Gasteiger partial charge in [-0.2, -0.15) is 5.26 Å². The molecule has 0 saturated heterocycles. The number of benzene rings is 1. The summed E-state index contributed by atoms with van der Waals surface area (Å²) >= 11 is 1.36. The number of aromatic nitrogens is 2. The fourth-order valence-electron chi connectivity index (χ4n) is 1.57. The highest BCUT2D eigenvalue weighted by atomic mass is 32.2. The van der Waals surface area contributed by atoms with Crippen molar-refractivity contribution in [1.29, 1.82) is 5.26 Å². The van der Waals surface area contributed by atoms with Crippen LogP contribution in [0.25, 0.3) is 11.0 Å². The number of H-pyrrole nitrogens is 1. The summed E-state index contributed by atoms with van der Waals surface area (Å²) in [4.78, 5) is 11.6. The summed E-state index contributed by atoms with van der Waals surface area (Å²) < 4.78 is 0. The number of hydrogen-bond acceptors (Lipinski definition) is 5. The molecular formula is C12H13N5OS. The third-order valence-corrected chi connectivity index (χ3v) is 3.05. The van der Waals surface area contributed by atoms with Gasteiger partial charge < -0.3 is 10.1 Å². The first-order valence-electron chi connectivity index (χ1n) is 5.59. The van der Waals surface area contributed by atoms with Gasteiger partial charge >= 0.3 is 0 Å². The maximum absolute atomic E-state index is 9.48. The van der Waals surface area contributed by atoms with E-state index in [9.17, 15) is 5.11 Å². The van der Waals surface area contributed by atoms with E-state index in [0.717, 1.165) is 11.0 Å². The molecule has 0 radical (unpaired) electrons. The van der Waals surface area contributed by atoms with Crippen molar-refractivity contribution in [2.75, 3.05) is 6.26 Å². The Morgan fingerprint density at radius 3 is 3.05 bits per heavy atom. The number of nitriles is 1. The highest BCUT2D eigenvalue weighted by molar-refractivity contribution is 8.13. The summed E-state index contributed by atoms with van der Waals surface area (Å²) in [5.74, 6) is 0.524. The van der Waals surface area contributed by atoms with Crippen LogP contribution in [0.2, 0.25) is 0 Å². The topological polar surface area (TPSA) is 97.1 Å². The first kappa shape index (κ1) is 13.4. The summed E-state index contributed by atoms with van der Waals surface area (Å²) in [7, 11) is 0. The number of aliphatic hydroxyl groups excluding tert-OH is 1. The molecule has 1 aromatic carbocycles. The van der Waals surface area contributed by atoms with Crippen LogP contribution in [-0.4, -0.2) is 26.5 Å². The van der Waals surface area contributed by atoms with Crippen LogP contribution in [0.5, 0.6) is 0 Å². The van der Waals surface area contributed by atoms with Crippen molar-refractivity contribution in [2.24, 2.45) is 4.99 Å². The van der Waals surface area contributed by atoms with Crippen LogP contribution in [0.15, 0.2) is 23.2 Å². The molecule has 0 bridgehead atoms. The van der Waals surface area contributed by atoms with E-state index in [0.29, 0.717) is 16.7 Å². The molecule has 1 atom stereocenters. The average Bonchev–Trinajstić information content (AvgIpc) is 2.81. The van der Waals surface area contributed by atoms with Crippen molar-refractivity contribution >= 4 is 33.7 Å². The van der Waals surface area contributed by atoms with Gasteiger partial charge in [0, 0.05) is 0 Å². The third kappa shape index (κ3) is 3.05. The van der Waals surface area contributed by atoms with Crippen LogP contribution in [0, 0.1) is 11.5 Å². The van der Waals surface area contributed by atoms with Crippen molar-refractivity contribution < 1.29 is 5.11 Å². The zero-order chi connectivity index (χ0) is 13.8. The van der Waals surface area contributed by atoms with Gasteiger partial charge in [-0.05, 0) is 31.4 Å². The first-order valence-corrected chi connectivity index (χ1v) is 6.82. The monoisotopic (exact) mass is 275 g/mol. The maximum atomic E-state index is 9.48. The molecule has 0 aliphatic heterocycles. The minimum absolute atomic E-state index is 0.524. The Bertz CT molecular complexity index is 656. The second kappa shape index (κ2) is 5.73. The number of rotatable bonds is 2. The molecule has 6 nitrogen and oxygen atoms in total. The Morgan fingerprint density at radius 1 is 1.63 bits per heavy atom. The van der Waals surface area contributed by atoms with E-state index >= 15 is 0 Å². The molecule has 0 aliphatic carbocycles. The van der Waals surface area contributed by atoms with E-state index in [1.807, 2.05) is 30.6 Å². The zero-order valence-electron chi connectivity index (χ0n) is 10.5. The predicted molar refractivity (Wildman–Crippen MR) is 76.1 cm³/mol. The van der Waals surface area contributed by atoms with Crippen molar-refractivity contribution in [3.05, 3.63) is 24.0 Å². The molecule has 3 N–H and O–H groups in total. The molecule has 1 aromatic heterocycles. The molecule has 1 unspecified atom stereocenters. The van der Waals surface area contributed by atoms with E-state index in [4.69, 9.17) is 5.26 Å². The molecule has 7 heteroatoms. The number of fused-ring (bicyclic) bond motifs is 1. The third-order valence-electron chi connectivity index (χ3n) is 2.47. The fraction of sp³-hybridized carbons (Fsp3) is 0.250. The number of aliphatic hydroxyl groups is 1. The van der Waals surface area contributed by atoms with Crippen molar-refractivity contribution in [3.8, 4) is 6.19 Å². The number of nitrogens with one attached hydrogen (secondary N) is 2. The van der Waals surface area contributed by atoms with Crippen LogP contribution in [-0.2, 0) is 0 Å². The predicted octanol–water partition coefficient (Wildman–Crippen LogP) is 2.04. The number of thioether (sulfide) groups is 1. The van der Waals surface area contributed by atoms with Gasteiger partial charge in [0.2, 0.25) is 0 Å². The van der Waals surface area contributed by atoms with Crippen molar-refractivity contribution in [1.82, 2.24) is 15.3 Å². The smallest absolute Gasteiger partial charge is 0.183 e. The fourth-order valence-corrected chi connectivity index (χ4v) is 1.92. The molecule has 1 heterocycles. The van der Waals surface area contributed by atoms with Gasteiger partial charge in [0.15, 0.2) is 11.4 Å². The van der Waals surface area contributed by atoms with Gasteiger partial charge in [-0.3, -0.25) is 5.32 Å². The highest BCUT2D eigenvalue weighted by Crippen LogP contribution is 2.22. The first-order chi connectivity index (χ1) is 9.13. The number of nitrogens with zero attached hydrogens (tertiary/aromatic N) is 3. The lowest BCUT2D eigenvalue weighted by Crippen LogP contribution is -2.12. The number of amidine groups is 1. The quantitative estimate of drug-likeness (QED) is 0.337. The molecule has 0 saturated carbocycles. The molecule has 0 amide bonds. The summed E-state index contributed by atoms with van der Waals surface area (Å²) in [5.41, 5.74) is 2.28. The minimum Gasteiger partial charge on any atom is -0.385 e. The lowest BCUT2D eigenvalue weighted by atomic mass is 10.3. The lowest BCUT2D eigenvalue weighted by Gasteiger charge is -1.99. The Morgan fingerprint density at radius 2 is 2.42 bits per heavy atom. The number of hydrogen-bond donors (Lipinski definition) is 3. The van der Waals surface area contributed by atoms with E-state index in [-0.39, 0.29) is 0 Å². The molecular weight excluding hydrogens is 262 g/mol. The number of aromatic amines is 1. The van der Waals surface area contributed by atoms with Crippen LogP contribution < -0.4 is 5.32 Å². The summed E-state index contributed by atoms with van der Waals surface area (Å²) in [6.07, 6.45) is 3.04. The Kier molecular flexibility index (Phi) is 4.04. The summed E-state index contributed by atoms with van der Waals surface area (Å²) in [6, 6.07) is 5.45. The standard InChI is InChI=1S/C12H13N5OS/c1-7(18)11-16-9-4-3-8(5-10(9)17-11)15-12(19-2)14-6-13/h3-5,7,18H,1-2H3,(H,14,15)(H,16,17). The van der Waals surface area contributed by atoms with E-state index in [2.05, 4.69) is 20.3 Å². The van der Waals surface area contributed by atoms with Crippen molar-refractivity contribution in [3.63, 3.8) is 0 Å². The van der Waals surface area contributed by atoms with Crippen LogP contribution >= 0.6 is 11.8 Å². The Balaban J connectivity index is 2.38. The molecule has 2 aromatic rings. The lowest BCUT2D eigenvalue weighted by molar-refractivity contribution is 0.190. The van der Waals surface area contributed by atoms with E-state index < -0.39 is 6.10 Å². The van der Waals surface area contributed by atoms with Gasteiger partial charge in [0.1, 0.15) is 11.9 Å². The van der Waals surface area contributed by atoms with E-state index in [1.54, 1.807) is 6.92 Å². The second-order valence-corrected chi connectivity index (χ2v) is 4.65. The summed E-state index contributed by atoms with van der Waals surface area (Å²) in [6.45, 7) is 1.65. The van der Waals surface area contributed by atoms with Gasteiger partial charge in [-0.15, -0.1) is 0 Å². The Hall–Kier alpha value is -2.04. The largest absolute Gasteiger partial charge is 0.385 e. The summed E-state index contributed by atoms with van der Waals surface area (Å²) in [5, 5.41) is 21.1. The zero-order valence-corrected chi connectivity index (χ0v) is 11.3. The van der Waals surface area contributed by atoms with E-state index in [1.165, 1.54) is 11.8 Å². The second-order valence-electron chi connectivity index (χ2n) is 3.86. The van der Waals surface area contributed by atoms with Crippen molar-refractivity contribution in [2.45, 2.75) is 13.0 Å². The highest BCUT2D eigenvalue weighted by Gasteiger charge is 2.08. The van der Waals surface area contributed by atoms with Gasteiger partial charge in [0.25, 0.3) is 0 Å². The minimum atomic E-state index is -0.638. The van der Waals surface area contributed by atoms with Gasteiger partial charge in [-0.25, -0.2) is 9.98 Å². The van der Waals surface area contributed by atoms with Gasteiger partial charge in [0.05, 0.1) is 16.7 Å². The maximum Gasteiger partial charge on any atom is 0.183 e. The van der Waals surface area contributed by atoms with Crippen LogP contribution in [0.4, 0.5) is 5.69 Å². The van der Waals surface area contributed by atoms with Crippen LogP contribution in [0.3, 0.4) is 0 Å². The average molecular weight is 275 g/mol. The number of imidazole rings is 1. The Labute approximate surface area is 114 Å². The normalized spacial score (nSPS) is 13.3. The molecule has 0 fully saturated rings. The van der Waals surface area contributed by atoms with Crippen LogP contribution in [0.1, 0.15) is 18.9 Å². The van der Waals surface area contributed by atoms with Gasteiger partial charge in [-0.1, -0.05) is 11.8 Å².